The van der Waals surface area contributed by atoms with Gasteiger partial charge >= 0.3 is 6.18 Å². The molecule has 2 nitrogen and oxygen atoms in total. The minimum atomic E-state index is -4.50. The molecule has 1 aliphatic rings. The molecule has 0 radical (unpaired) electrons. The summed E-state index contributed by atoms with van der Waals surface area (Å²) in [5.74, 6) is -0.839. The highest BCUT2D eigenvalue weighted by Gasteiger charge is 2.31. The second-order valence-electron chi connectivity index (χ2n) is 4.86. The van der Waals surface area contributed by atoms with E-state index in [-0.39, 0.29) is 0 Å². The van der Waals surface area contributed by atoms with Crippen LogP contribution in [0.5, 0.6) is 0 Å². The Labute approximate surface area is 109 Å². The van der Waals surface area contributed by atoms with Gasteiger partial charge in [0.05, 0.1) is 5.56 Å². The van der Waals surface area contributed by atoms with Crippen LogP contribution in [0.4, 0.5) is 17.6 Å². The molecule has 0 aromatic heterocycles. The van der Waals surface area contributed by atoms with Gasteiger partial charge in [-0.15, -0.1) is 0 Å². The van der Waals surface area contributed by atoms with Gasteiger partial charge in [-0.1, -0.05) is 0 Å². The van der Waals surface area contributed by atoms with E-state index in [2.05, 4.69) is 5.32 Å². The normalized spacial score (nSPS) is 21.0. The number of hydrogen-bond donors (Lipinski definition) is 1. The van der Waals surface area contributed by atoms with E-state index in [0.717, 1.165) is 25.6 Å². The topological polar surface area (TPSA) is 15.3 Å². The SMILES string of the molecule is CNC1CCN(Cc2cc(F)cc(C(F)(F)F)c2)C1. The first kappa shape index (κ1) is 14.3. The fraction of sp³-hybridized carbons (Fsp3) is 0.538. The van der Waals surface area contributed by atoms with Crippen LogP contribution < -0.4 is 5.32 Å². The highest BCUT2D eigenvalue weighted by molar-refractivity contribution is 5.27. The van der Waals surface area contributed by atoms with E-state index >= 15 is 0 Å². The van der Waals surface area contributed by atoms with E-state index in [4.69, 9.17) is 0 Å². The van der Waals surface area contributed by atoms with E-state index in [1.807, 2.05) is 11.9 Å². The van der Waals surface area contributed by atoms with Crippen molar-refractivity contribution in [3.8, 4) is 0 Å². The third kappa shape index (κ3) is 3.67. The second kappa shape index (κ2) is 5.46. The van der Waals surface area contributed by atoms with Crippen LogP contribution >= 0.6 is 0 Å². The van der Waals surface area contributed by atoms with E-state index < -0.39 is 17.6 Å². The Bertz CT molecular complexity index is 445. The van der Waals surface area contributed by atoms with Crippen molar-refractivity contribution in [2.45, 2.75) is 25.2 Å². The maximum Gasteiger partial charge on any atom is 0.416 e. The first-order valence-electron chi connectivity index (χ1n) is 6.15. The van der Waals surface area contributed by atoms with Crippen molar-refractivity contribution < 1.29 is 17.6 Å². The Morgan fingerprint density at radius 1 is 1.32 bits per heavy atom. The summed E-state index contributed by atoms with van der Waals surface area (Å²) in [6.45, 7) is 1.93. The standard InChI is InChI=1S/C13H16F4N2/c1-18-12-2-3-19(8-12)7-9-4-10(13(15,16)17)6-11(14)5-9/h4-6,12,18H,2-3,7-8H2,1H3. The lowest BCUT2D eigenvalue weighted by Crippen LogP contribution is -2.29. The average Bonchev–Trinajstić information content (AvgIpc) is 2.75. The van der Waals surface area contributed by atoms with Gasteiger partial charge in [-0.05, 0) is 37.2 Å². The molecule has 0 amide bonds. The quantitative estimate of drug-likeness (QED) is 0.854. The Hall–Kier alpha value is -1.14. The lowest BCUT2D eigenvalue weighted by molar-refractivity contribution is -0.137. The van der Waals surface area contributed by atoms with Gasteiger partial charge in [0.15, 0.2) is 0 Å². The molecular weight excluding hydrogens is 260 g/mol. The van der Waals surface area contributed by atoms with Crippen LogP contribution in [-0.4, -0.2) is 31.1 Å². The minimum absolute atomic E-state index is 0.346. The van der Waals surface area contributed by atoms with Gasteiger partial charge in [-0.3, -0.25) is 4.90 Å². The molecule has 0 saturated carbocycles. The summed E-state index contributed by atoms with van der Waals surface area (Å²) >= 11 is 0. The maximum absolute atomic E-state index is 13.2. The molecule has 1 saturated heterocycles. The van der Waals surface area contributed by atoms with Gasteiger partial charge in [-0.2, -0.15) is 13.2 Å². The molecule has 1 N–H and O–H groups in total. The Morgan fingerprint density at radius 2 is 2.05 bits per heavy atom. The molecular formula is C13H16F4N2. The average molecular weight is 276 g/mol. The summed E-state index contributed by atoms with van der Waals surface area (Å²) < 4.78 is 51.0. The molecule has 1 aromatic rings. The Balaban J connectivity index is 2.11. The minimum Gasteiger partial charge on any atom is -0.316 e. The second-order valence-corrected chi connectivity index (χ2v) is 4.86. The van der Waals surface area contributed by atoms with Gasteiger partial charge in [0, 0.05) is 25.7 Å². The molecule has 2 rings (SSSR count). The summed E-state index contributed by atoms with van der Waals surface area (Å²) in [6.07, 6.45) is -3.55. The molecule has 0 spiro atoms. The van der Waals surface area contributed by atoms with E-state index in [1.165, 1.54) is 6.07 Å². The zero-order valence-electron chi connectivity index (χ0n) is 10.6. The Kier molecular flexibility index (Phi) is 4.10. The number of likely N-dealkylation sites (tertiary alicyclic amines) is 1. The zero-order valence-corrected chi connectivity index (χ0v) is 10.6. The molecule has 1 unspecified atom stereocenters. The van der Waals surface area contributed by atoms with Crippen molar-refractivity contribution in [2.24, 2.45) is 0 Å². The third-order valence-corrected chi connectivity index (χ3v) is 3.37. The maximum atomic E-state index is 13.2. The first-order chi connectivity index (χ1) is 8.88. The molecule has 0 aliphatic carbocycles. The fourth-order valence-corrected chi connectivity index (χ4v) is 2.38. The number of nitrogens with one attached hydrogen (secondary N) is 1. The number of nitrogens with zero attached hydrogens (tertiary/aromatic N) is 1. The number of rotatable bonds is 3. The Morgan fingerprint density at radius 3 is 2.63 bits per heavy atom. The predicted molar refractivity (Wildman–Crippen MR) is 64.1 cm³/mol. The molecule has 1 fully saturated rings. The van der Waals surface area contributed by atoms with Crippen molar-refractivity contribution >= 4 is 0 Å². The summed E-state index contributed by atoms with van der Waals surface area (Å²) in [6, 6.07) is 3.08. The molecule has 106 valence electrons. The van der Waals surface area contributed by atoms with Crippen molar-refractivity contribution in [1.29, 1.82) is 0 Å². The van der Waals surface area contributed by atoms with Gasteiger partial charge in [0.25, 0.3) is 0 Å². The smallest absolute Gasteiger partial charge is 0.316 e. The summed E-state index contributed by atoms with van der Waals surface area (Å²) in [5, 5.41) is 3.13. The molecule has 1 aliphatic heterocycles. The third-order valence-electron chi connectivity index (χ3n) is 3.37. The van der Waals surface area contributed by atoms with E-state index in [1.54, 1.807) is 0 Å². The van der Waals surface area contributed by atoms with Gasteiger partial charge in [0.2, 0.25) is 0 Å². The lowest BCUT2D eigenvalue weighted by Gasteiger charge is -2.17. The molecule has 6 heteroatoms. The van der Waals surface area contributed by atoms with Gasteiger partial charge in [-0.25, -0.2) is 4.39 Å². The van der Waals surface area contributed by atoms with Crippen LogP contribution in [0.2, 0.25) is 0 Å². The first-order valence-corrected chi connectivity index (χ1v) is 6.15. The molecule has 1 aromatic carbocycles. The predicted octanol–water partition coefficient (Wildman–Crippen LogP) is 2.64. The fourth-order valence-electron chi connectivity index (χ4n) is 2.38. The molecule has 1 atom stereocenters. The van der Waals surface area contributed by atoms with E-state index in [0.29, 0.717) is 24.2 Å². The largest absolute Gasteiger partial charge is 0.416 e. The van der Waals surface area contributed by atoms with Crippen LogP contribution in [-0.2, 0) is 12.7 Å². The monoisotopic (exact) mass is 276 g/mol. The van der Waals surface area contributed by atoms with Gasteiger partial charge in [0.1, 0.15) is 5.82 Å². The highest BCUT2D eigenvalue weighted by Crippen LogP contribution is 2.30. The van der Waals surface area contributed by atoms with Crippen molar-refractivity contribution in [3.05, 3.63) is 35.1 Å². The van der Waals surface area contributed by atoms with Crippen LogP contribution in [0.3, 0.4) is 0 Å². The van der Waals surface area contributed by atoms with Crippen LogP contribution in [0, 0.1) is 5.82 Å². The van der Waals surface area contributed by atoms with Gasteiger partial charge < -0.3 is 5.32 Å². The van der Waals surface area contributed by atoms with Crippen LogP contribution in [0.25, 0.3) is 0 Å². The lowest BCUT2D eigenvalue weighted by atomic mass is 10.1. The number of halogens is 4. The number of hydrogen-bond acceptors (Lipinski definition) is 2. The summed E-state index contributed by atoms with van der Waals surface area (Å²) in [4.78, 5) is 2.02. The van der Waals surface area contributed by atoms with E-state index in [9.17, 15) is 17.6 Å². The molecule has 0 bridgehead atoms. The van der Waals surface area contributed by atoms with Crippen LogP contribution in [0.1, 0.15) is 17.5 Å². The van der Waals surface area contributed by atoms with Crippen molar-refractivity contribution in [3.63, 3.8) is 0 Å². The zero-order chi connectivity index (χ0) is 14.0. The number of likely N-dealkylation sites (N-methyl/N-ethyl adjacent to an activating group) is 1. The molecule has 1 heterocycles. The number of benzene rings is 1. The summed E-state index contributed by atoms with van der Waals surface area (Å²) in [7, 11) is 1.86. The van der Waals surface area contributed by atoms with Crippen LogP contribution in [0.15, 0.2) is 18.2 Å². The number of alkyl halides is 3. The van der Waals surface area contributed by atoms with Crippen molar-refractivity contribution in [2.75, 3.05) is 20.1 Å². The highest BCUT2D eigenvalue weighted by atomic mass is 19.4. The summed E-state index contributed by atoms with van der Waals surface area (Å²) in [5.41, 5.74) is -0.559. The van der Waals surface area contributed by atoms with Crippen molar-refractivity contribution in [1.82, 2.24) is 10.2 Å². The molecule has 19 heavy (non-hydrogen) atoms.